The summed E-state index contributed by atoms with van der Waals surface area (Å²) in [4.78, 5) is 14.2. The first-order valence-corrected chi connectivity index (χ1v) is 9.47. The molecule has 2 aromatic rings. The van der Waals surface area contributed by atoms with E-state index in [4.69, 9.17) is 9.47 Å². The van der Waals surface area contributed by atoms with E-state index in [1.165, 1.54) is 11.1 Å². The van der Waals surface area contributed by atoms with E-state index in [9.17, 15) is 4.79 Å². The molecule has 6 heteroatoms. The molecule has 0 bridgehead atoms. The molecule has 1 aromatic heterocycles. The lowest BCUT2D eigenvalue weighted by Crippen LogP contribution is -2.42. The van der Waals surface area contributed by atoms with E-state index in [1.807, 2.05) is 60.8 Å². The van der Waals surface area contributed by atoms with Gasteiger partial charge in [0.15, 0.2) is 0 Å². The molecule has 0 saturated carbocycles. The third-order valence-electron chi connectivity index (χ3n) is 4.70. The zero-order chi connectivity index (χ0) is 19.4. The van der Waals surface area contributed by atoms with Gasteiger partial charge in [-0.25, -0.2) is 4.79 Å². The highest BCUT2D eigenvalue weighted by molar-refractivity contribution is 5.68. The van der Waals surface area contributed by atoms with Crippen molar-refractivity contribution in [2.75, 3.05) is 20.2 Å². The third kappa shape index (κ3) is 5.25. The van der Waals surface area contributed by atoms with Crippen LogP contribution in [0.15, 0.2) is 36.7 Å². The smallest absolute Gasteiger partial charge is 0.410 e. The maximum atomic E-state index is 12.4. The second kappa shape index (κ2) is 8.03. The largest absolute Gasteiger partial charge is 0.497 e. The Bertz CT molecular complexity index is 762. The van der Waals surface area contributed by atoms with Gasteiger partial charge in [0.05, 0.1) is 19.9 Å². The molecular weight excluding hydrogens is 342 g/mol. The molecule has 0 spiro atoms. The Morgan fingerprint density at radius 2 is 2.00 bits per heavy atom. The highest BCUT2D eigenvalue weighted by Gasteiger charge is 2.28. The zero-order valence-corrected chi connectivity index (χ0v) is 16.6. The summed E-state index contributed by atoms with van der Waals surface area (Å²) >= 11 is 0. The van der Waals surface area contributed by atoms with E-state index in [0.29, 0.717) is 19.0 Å². The van der Waals surface area contributed by atoms with Gasteiger partial charge < -0.3 is 14.4 Å². The highest BCUT2D eigenvalue weighted by atomic mass is 16.6. The molecule has 0 aliphatic carbocycles. The molecule has 6 nitrogen and oxygen atoms in total. The van der Waals surface area contributed by atoms with Crippen LogP contribution in [0.1, 0.15) is 50.7 Å². The van der Waals surface area contributed by atoms with Crippen LogP contribution in [-0.2, 0) is 11.3 Å². The minimum Gasteiger partial charge on any atom is -0.497 e. The summed E-state index contributed by atoms with van der Waals surface area (Å²) in [7, 11) is 1.67. The van der Waals surface area contributed by atoms with Gasteiger partial charge in [0.25, 0.3) is 0 Å². The predicted octanol–water partition coefficient (Wildman–Crippen LogP) is 4.05. The number of aromatic nitrogens is 2. The average molecular weight is 371 g/mol. The van der Waals surface area contributed by atoms with E-state index in [0.717, 1.165) is 25.1 Å². The lowest BCUT2D eigenvalue weighted by molar-refractivity contribution is 0.0198. The summed E-state index contributed by atoms with van der Waals surface area (Å²) in [6.45, 7) is 7.85. The second-order valence-electron chi connectivity index (χ2n) is 8.08. The van der Waals surface area contributed by atoms with Crippen molar-refractivity contribution in [3.8, 4) is 5.75 Å². The van der Waals surface area contributed by atoms with Gasteiger partial charge >= 0.3 is 6.09 Å². The van der Waals surface area contributed by atoms with Gasteiger partial charge in [0, 0.05) is 25.2 Å². The number of methoxy groups -OCH3 is 1. The van der Waals surface area contributed by atoms with Gasteiger partial charge in [-0.1, -0.05) is 12.1 Å². The maximum Gasteiger partial charge on any atom is 0.410 e. The maximum absolute atomic E-state index is 12.4. The molecule has 27 heavy (non-hydrogen) atoms. The quantitative estimate of drug-likeness (QED) is 0.813. The van der Waals surface area contributed by atoms with Gasteiger partial charge in [-0.05, 0) is 56.9 Å². The Kier molecular flexibility index (Phi) is 5.73. The molecule has 0 radical (unpaired) electrons. The molecule has 0 N–H and O–H groups in total. The van der Waals surface area contributed by atoms with Crippen LogP contribution < -0.4 is 4.74 Å². The first-order chi connectivity index (χ1) is 12.8. The van der Waals surface area contributed by atoms with Crippen LogP contribution in [0.4, 0.5) is 4.79 Å². The average Bonchev–Trinajstić information content (AvgIpc) is 3.10. The molecule has 1 amide bonds. The summed E-state index contributed by atoms with van der Waals surface area (Å²) in [5.41, 5.74) is 1.88. The molecule has 2 heterocycles. The van der Waals surface area contributed by atoms with Crippen molar-refractivity contribution in [3.05, 3.63) is 47.8 Å². The van der Waals surface area contributed by atoms with Crippen LogP contribution in [0, 0.1) is 0 Å². The lowest BCUT2D eigenvalue weighted by atomic mass is 9.93. The number of carbonyl (C=O) groups excluding carboxylic acids is 1. The van der Waals surface area contributed by atoms with Crippen molar-refractivity contribution >= 4 is 6.09 Å². The zero-order valence-electron chi connectivity index (χ0n) is 16.6. The SMILES string of the molecule is COc1ccc(Cn2cc(C3CCCN(C(=O)OC(C)(C)C)C3)cn2)cc1. The molecule has 1 fully saturated rings. The van der Waals surface area contributed by atoms with Crippen molar-refractivity contribution in [1.29, 1.82) is 0 Å². The van der Waals surface area contributed by atoms with Crippen LogP contribution >= 0.6 is 0 Å². The van der Waals surface area contributed by atoms with Crippen LogP contribution in [0.25, 0.3) is 0 Å². The van der Waals surface area contributed by atoms with Crippen LogP contribution in [0.5, 0.6) is 5.75 Å². The summed E-state index contributed by atoms with van der Waals surface area (Å²) in [6, 6.07) is 8.01. The lowest BCUT2D eigenvalue weighted by Gasteiger charge is -2.33. The monoisotopic (exact) mass is 371 g/mol. The summed E-state index contributed by atoms with van der Waals surface area (Å²) < 4.78 is 12.7. The van der Waals surface area contributed by atoms with Crippen LogP contribution in [-0.4, -0.2) is 46.6 Å². The molecule has 1 aromatic carbocycles. The number of rotatable bonds is 4. The fourth-order valence-electron chi connectivity index (χ4n) is 3.34. The van der Waals surface area contributed by atoms with Gasteiger partial charge in [-0.15, -0.1) is 0 Å². The van der Waals surface area contributed by atoms with Crippen LogP contribution in [0.3, 0.4) is 0 Å². The van der Waals surface area contributed by atoms with E-state index in [-0.39, 0.29) is 6.09 Å². The summed E-state index contributed by atoms with van der Waals surface area (Å²) in [6.07, 6.45) is 5.83. The normalized spacial score (nSPS) is 17.6. The Morgan fingerprint density at radius 1 is 1.26 bits per heavy atom. The number of piperidine rings is 1. The first kappa shape index (κ1) is 19.3. The van der Waals surface area contributed by atoms with Gasteiger partial charge in [-0.2, -0.15) is 5.10 Å². The van der Waals surface area contributed by atoms with Crippen molar-refractivity contribution in [1.82, 2.24) is 14.7 Å². The Balaban J connectivity index is 1.62. The third-order valence-corrected chi connectivity index (χ3v) is 4.70. The van der Waals surface area contributed by atoms with Gasteiger partial charge in [0.1, 0.15) is 11.4 Å². The minimum atomic E-state index is -0.465. The van der Waals surface area contributed by atoms with Gasteiger partial charge in [-0.3, -0.25) is 4.68 Å². The van der Waals surface area contributed by atoms with E-state index in [2.05, 4.69) is 11.3 Å². The van der Waals surface area contributed by atoms with Gasteiger partial charge in [0.2, 0.25) is 0 Å². The number of nitrogens with zero attached hydrogens (tertiary/aromatic N) is 3. The molecular formula is C21H29N3O3. The molecule has 1 unspecified atom stereocenters. The number of benzene rings is 1. The minimum absolute atomic E-state index is 0.224. The molecule has 1 aliphatic rings. The number of likely N-dealkylation sites (tertiary alicyclic amines) is 1. The van der Waals surface area contributed by atoms with Crippen molar-refractivity contribution in [2.45, 2.75) is 51.7 Å². The fourth-order valence-corrected chi connectivity index (χ4v) is 3.34. The first-order valence-electron chi connectivity index (χ1n) is 9.47. The van der Waals surface area contributed by atoms with Crippen molar-refractivity contribution < 1.29 is 14.3 Å². The Labute approximate surface area is 161 Å². The van der Waals surface area contributed by atoms with E-state index < -0.39 is 5.60 Å². The number of ether oxygens (including phenoxy) is 2. The predicted molar refractivity (Wildman–Crippen MR) is 104 cm³/mol. The standard InChI is InChI=1S/C21H29N3O3/c1-21(2,3)27-20(25)23-11-5-6-17(14-23)18-12-22-24(15-18)13-16-7-9-19(26-4)10-8-16/h7-10,12,15,17H,5-6,11,13-14H2,1-4H3. The number of carbonyl (C=O) groups is 1. The summed E-state index contributed by atoms with van der Waals surface area (Å²) in [5.74, 6) is 1.15. The Morgan fingerprint density at radius 3 is 2.67 bits per heavy atom. The van der Waals surface area contributed by atoms with E-state index in [1.54, 1.807) is 7.11 Å². The number of amides is 1. The summed E-state index contributed by atoms with van der Waals surface area (Å²) in [5, 5.41) is 4.51. The highest BCUT2D eigenvalue weighted by Crippen LogP contribution is 2.27. The Hall–Kier alpha value is -2.50. The fraction of sp³-hybridized carbons (Fsp3) is 0.524. The van der Waals surface area contributed by atoms with Crippen LogP contribution in [0.2, 0.25) is 0 Å². The second-order valence-corrected chi connectivity index (χ2v) is 8.08. The molecule has 146 valence electrons. The van der Waals surface area contributed by atoms with Crippen molar-refractivity contribution in [3.63, 3.8) is 0 Å². The van der Waals surface area contributed by atoms with Crippen molar-refractivity contribution in [2.24, 2.45) is 0 Å². The molecule has 1 saturated heterocycles. The molecule has 3 rings (SSSR count). The molecule has 1 aliphatic heterocycles. The number of hydrogen-bond acceptors (Lipinski definition) is 4. The molecule has 1 atom stereocenters. The van der Waals surface area contributed by atoms with E-state index >= 15 is 0 Å². The topological polar surface area (TPSA) is 56.6 Å². The number of hydrogen-bond donors (Lipinski definition) is 0.